The van der Waals surface area contributed by atoms with Crippen LogP contribution in [-0.2, 0) is 0 Å². The minimum Gasteiger partial charge on any atom is -0.485 e. The quantitative estimate of drug-likeness (QED) is 0.817. The lowest BCUT2D eigenvalue weighted by atomic mass is 9.95. The summed E-state index contributed by atoms with van der Waals surface area (Å²) < 4.78 is 5.97. The predicted octanol–water partition coefficient (Wildman–Crippen LogP) is 3.27. The van der Waals surface area contributed by atoms with Crippen molar-refractivity contribution in [2.75, 3.05) is 0 Å². The maximum atomic E-state index is 6.17. The Kier molecular flexibility index (Phi) is 2.42. The van der Waals surface area contributed by atoms with Crippen LogP contribution in [0.3, 0.4) is 0 Å². The highest BCUT2D eigenvalue weighted by Crippen LogP contribution is 2.39. The molecule has 2 atom stereocenters. The van der Waals surface area contributed by atoms with Crippen LogP contribution >= 0.6 is 11.3 Å². The lowest BCUT2D eigenvalue weighted by Crippen LogP contribution is -2.23. The van der Waals surface area contributed by atoms with E-state index in [1.54, 1.807) is 11.3 Å². The Labute approximate surface area is 98.7 Å². The van der Waals surface area contributed by atoms with E-state index in [2.05, 4.69) is 16.8 Å². The lowest BCUT2D eigenvalue weighted by molar-refractivity contribution is 0.162. The molecular formula is C13H13NOS. The van der Waals surface area contributed by atoms with E-state index in [4.69, 9.17) is 10.5 Å². The minimum atomic E-state index is 0.0786. The molecule has 0 radical (unpaired) electrons. The first-order chi connectivity index (χ1) is 7.84. The Hall–Kier alpha value is -1.32. The van der Waals surface area contributed by atoms with E-state index in [1.807, 2.05) is 24.3 Å². The fourth-order valence-corrected chi connectivity index (χ4v) is 2.82. The molecule has 16 heavy (non-hydrogen) atoms. The van der Waals surface area contributed by atoms with Crippen LogP contribution in [0.1, 0.15) is 29.7 Å². The summed E-state index contributed by atoms with van der Waals surface area (Å²) >= 11 is 1.69. The van der Waals surface area contributed by atoms with Crippen molar-refractivity contribution in [3.63, 3.8) is 0 Å². The van der Waals surface area contributed by atoms with E-state index in [9.17, 15) is 0 Å². The Morgan fingerprint density at radius 2 is 2.12 bits per heavy atom. The molecule has 2 heterocycles. The van der Waals surface area contributed by atoms with Crippen molar-refractivity contribution in [1.29, 1.82) is 0 Å². The zero-order valence-electron chi connectivity index (χ0n) is 8.80. The third-order valence-electron chi connectivity index (χ3n) is 2.97. The molecule has 0 bridgehead atoms. The molecule has 1 aliphatic heterocycles. The first-order valence-electron chi connectivity index (χ1n) is 5.38. The van der Waals surface area contributed by atoms with Crippen LogP contribution in [0.2, 0.25) is 0 Å². The summed E-state index contributed by atoms with van der Waals surface area (Å²) in [4.78, 5) is 0. The van der Waals surface area contributed by atoms with Gasteiger partial charge in [0.25, 0.3) is 0 Å². The van der Waals surface area contributed by atoms with Gasteiger partial charge in [-0.3, -0.25) is 0 Å². The molecule has 3 rings (SSSR count). The molecule has 0 amide bonds. The van der Waals surface area contributed by atoms with Gasteiger partial charge in [0.05, 0.1) is 0 Å². The van der Waals surface area contributed by atoms with E-state index in [-0.39, 0.29) is 12.1 Å². The van der Waals surface area contributed by atoms with E-state index in [1.165, 1.54) is 5.56 Å². The average Bonchev–Trinajstić information content (AvgIpc) is 2.82. The van der Waals surface area contributed by atoms with Crippen molar-refractivity contribution in [3.05, 3.63) is 52.2 Å². The summed E-state index contributed by atoms with van der Waals surface area (Å²) in [6, 6.07) is 10.2. The topological polar surface area (TPSA) is 35.2 Å². The fourth-order valence-electron chi connectivity index (χ4n) is 2.12. The number of rotatable bonds is 1. The van der Waals surface area contributed by atoms with Gasteiger partial charge in [-0.2, -0.15) is 11.3 Å². The van der Waals surface area contributed by atoms with Gasteiger partial charge in [-0.1, -0.05) is 18.2 Å². The number of ether oxygens (including phenoxy) is 1. The summed E-state index contributed by atoms with van der Waals surface area (Å²) in [6.07, 6.45) is 0.962. The van der Waals surface area contributed by atoms with Crippen LogP contribution in [0.25, 0.3) is 0 Å². The molecule has 1 aliphatic rings. The van der Waals surface area contributed by atoms with Gasteiger partial charge >= 0.3 is 0 Å². The number of hydrogen-bond acceptors (Lipinski definition) is 3. The van der Waals surface area contributed by atoms with Crippen molar-refractivity contribution < 1.29 is 4.74 Å². The Morgan fingerprint density at radius 1 is 1.25 bits per heavy atom. The zero-order chi connectivity index (χ0) is 11.0. The normalized spacial score (nSPS) is 23.6. The zero-order valence-corrected chi connectivity index (χ0v) is 9.61. The van der Waals surface area contributed by atoms with Crippen molar-refractivity contribution in [2.24, 2.45) is 5.73 Å². The van der Waals surface area contributed by atoms with Gasteiger partial charge in [0, 0.05) is 23.6 Å². The van der Waals surface area contributed by atoms with Crippen molar-refractivity contribution in [2.45, 2.75) is 18.6 Å². The SMILES string of the molecule is N[C@@H]1CC(c2ccsc2)Oc2ccccc21. The molecule has 0 saturated carbocycles. The predicted molar refractivity (Wildman–Crippen MR) is 65.7 cm³/mol. The summed E-state index contributed by atoms with van der Waals surface area (Å²) in [5.41, 5.74) is 8.52. The van der Waals surface area contributed by atoms with Gasteiger partial charge in [0.15, 0.2) is 0 Å². The Morgan fingerprint density at radius 3 is 2.94 bits per heavy atom. The standard InChI is InChI=1S/C13H13NOS/c14-11-7-13(9-5-6-16-8-9)15-12-4-2-1-3-10(11)12/h1-6,8,11,13H,7,14H2/t11-,13?/m1/s1. The number of hydrogen-bond donors (Lipinski definition) is 1. The van der Waals surface area contributed by atoms with E-state index < -0.39 is 0 Å². The maximum Gasteiger partial charge on any atom is 0.126 e. The van der Waals surface area contributed by atoms with Gasteiger partial charge in [-0.05, 0) is 22.9 Å². The highest BCUT2D eigenvalue weighted by molar-refractivity contribution is 7.07. The van der Waals surface area contributed by atoms with E-state index in [0.29, 0.717) is 0 Å². The molecule has 0 fully saturated rings. The molecule has 0 spiro atoms. The second-order valence-corrected chi connectivity index (χ2v) is 4.82. The second kappa shape index (κ2) is 3.92. The summed E-state index contributed by atoms with van der Waals surface area (Å²) in [5, 5.41) is 4.20. The number of para-hydroxylation sites is 1. The van der Waals surface area contributed by atoms with Gasteiger partial charge in [0.2, 0.25) is 0 Å². The lowest BCUT2D eigenvalue weighted by Gasteiger charge is -2.29. The number of nitrogens with two attached hydrogens (primary N) is 1. The average molecular weight is 231 g/mol. The molecular weight excluding hydrogens is 218 g/mol. The molecule has 2 nitrogen and oxygen atoms in total. The van der Waals surface area contributed by atoms with Crippen LogP contribution in [0.4, 0.5) is 0 Å². The monoisotopic (exact) mass is 231 g/mol. The Balaban J connectivity index is 1.95. The third-order valence-corrected chi connectivity index (χ3v) is 3.67. The van der Waals surface area contributed by atoms with Crippen LogP contribution < -0.4 is 10.5 Å². The van der Waals surface area contributed by atoms with Crippen LogP contribution in [0, 0.1) is 0 Å². The summed E-state index contributed by atoms with van der Waals surface area (Å²) in [5.74, 6) is 0.928. The number of benzene rings is 1. The van der Waals surface area contributed by atoms with E-state index in [0.717, 1.165) is 17.7 Å². The highest BCUT2D eigenvalue weighted by atomic mass is 32.1. The first-order valence-corrected chi connectivity index (χ1v) is 6.32. The summed E-state index contributed by atoms with van der Waals surface area (Å²) in [7, 11) is 0. The summed E-state index contributed by atoms with van der Waals surface area (Å²) in [6.45, 7) is 0. The van der Waals surface area contributed by atoms with Crippen molar-refractivity contribution in [1.82, 2.24) is 0 Å². The molecule has 1 aromatic heterocycles. The smallest absolute Gasteiger partial charge is 0.126 e. The molecule has 3 heteroatoms. The van der Waals surface area contributed by atoms with Crippen LogP contribution in [0.15, 0.2) is 41.1 Å². The van der Waals surface area contributed by atoms with E-state index >= 15 is 0 Å². The van der Waals surface area contributed by atoms with Crippen molar-refractivity contribution in [3.8, 4) is 5.75 Å². The minimum absolute atomic E-state index is 0.0786. The van der Waals surface area contributed by atoms with Gasteiger partial charge < -0.3 is 10.5 Å². The number of fused-ring (bicyclic) bond motifs is 1. The largest absolute Gasteiger partial charge is 0.485 e. The Bertz CT molecular complexity index is 480. The molecule has 0 saturated heterocycles. The molecule has 2 aromatic rings. The van der Waals surface area contributed by atoms with Gasteiger partial charge in [0.1, 0.15) is 11.9 Å². The maximum absolute atomic E-state index is 6.17. The van der Waals surface area contributed by atoms with Crippen LogP contribution in [-0.4, -0.2) is 0 Å². The number of thiophene rings is 1. The molecule has 2 N–H and O–H groups in total. The second-order valence-electron chi connectivity index (χ2n) is 4.04. The fraction of sp³-hybridized carbons (Fsp3) is 0.231. The molecule has 0 aliphatic carbocycles. The van der Waals surface area contributed by atoms with Crippen molar-refractivity contribution >= 4 is 11.3 Å². The van der Waals surface area contributed by atoms with Crippen LogP contribution in [0.5, 0.6) is 5.75 Å². The third kappa shape index (κ3) is 1.62. The molecule has 1 aromatic carbocycles. The molecule has 82 valence electrons. The molecule has 1 unspecified atom stereocenters. The van der Waals surface area contributed by atoms with Gasteiger partial charge in [-0.25, -0.2) is 0 Å². The highest BCUT2D eigenvalue weighted by Gasteiger charge is 2.26. The van der Waals surface area contributed by atoms with Gasteiger partial charge in [-0.15, -0.1) is 0 Å². The first kappa shape index (κ1) is 9.87.